The molecule has 19 heavy (non-hydrogen) atoms. The summed E-state index contributed by atoms with van der Waals surface area (Å²) in [5.74, 6) is -0.795. The molecule has 0 bridgehead atoms. The van der Waals surface area contributed by atoms with E-state index in [4.69, 9.17) is 10.00 Å². The van der Waals surface area contributed by atoms with Gasteiger partial charge in [0.25, 0.3) is 0 Å². The largest absolute Gasteiger partial charge is 0.462 e. The summed E-state index contributed by atoms with van der Waals surface area (Å²) >= 11 is 1.15. The molecule has 0 aliphatic carbocycles. The van der Waals surface area contributed by atoms with Crippen LogP contribution in [0, 0.1) is 23.7 Å². The first-order chi connectivity index (χ1) is 8.81. The molecule has 1 rings (SSSR count). The van der Waals surface area contributed by atoms with Crippen LogP contribution in [0.4, 0.5) is 5.00 Å². The van der Waals surface area contributed by atoms with Crippen molar-refractivity contribution >= 4 is 28.2 Å². The van der Waals surface area contributed by atoms with Gasteiger partial charge in [-0.3, -0.25) is 4.79 Å². The van der Waals surface area contributed by atoms with Crippen molar-refractivity contribution in [2.45, 2.75) is 27.7 Å². The maximum Gasteiger partial charge on any atom is 0.348 e. The number of esters is 1. The van der Waals surface area contributed by atoms with Crippen molar-refractivity contribution in [2.75, 3.05) is 11.9 Å². The van der Waals surface area contributed by atoms with Crippen molar-refractivity contribution in [1.29, 1.82) is 5.26 Å². The Morgan fingerprint density at radius 2 is 2.16 bits per heavy atom. The van der Waals surface area contributed by atoms with Crippen molar-refractivity contribution in [3.05, 3.63) is 16.5 Å². The van der Waals surface area contributed by atoms with Gasteiger partial charge in [0.15, 0.2) is 0 Å². The minimum Gasteiger partial charge on any atom is -0.462 e. The minimum atomic E-state index is -1.11. The van der Waals surface area contributed by atoms with Gasteiger partial charge in [0.1, 0.15) is 10.3 Å². The molecule has 102 valence electrons. The summed E-state index contributed by atoms with van der Waals surface area (Å²) < 4.78 is 4.92. The van der Waals surface area contributed by atoms with Crippen molar-refractivity contribution in [1.82, 2.24) is 0 Å². The second kappa shape index (κ2) is 5.85. The van der Waals surface area contributed by atoms with Gasteiger partial charge in [-0.15, -0.1) is 11.3 Å². The van der Waals surface area contributed by atoms with E-state index < -0.39 is 17.3 Å². The van der Waals surface area contributed by atoms with E-state index in [9.17, 15) is 9.59 Å². The quantitative estimate of drug-likeness (QED) is 0.860. The summed E-state index contributed by atoms with van der Waals surface area (Å²) in [4.78, 5) is 23.9. The number of ether oxygens (including phenoxy) is 1. The van der Waals surface area contributed by atoms with Crippen LogP contribution >= 0.6 is 11.3 Å². The van der Waals surface area contributed by atoms with E-state index in [1.807, 2.05) is 6.07 Å². The zero-order valence-electron chi connectivity index (χ0n) is 11.4. The summed E-state index contributed by atoms with van der Waals surface area (Å²) in [6.45, 7) is 6.89. The number of nitrogens with one attached hydrogen (secondary N) is 1. The minimum absolute atomic E-state index is 0.305. The molecule has 0 aromatic carbocycles. The molecular formula is C13H16N2O3S. The third kappa shape index (κ3) is 3.55. The normalized spacial score (nSPS) is 10.7. The summed E-state index contributed by atoms with van der Waals surface area (Å²) in [5.41, 5.74) is -0.365. The van der Waals surface area contributed by atoms with Crippen molar-refractivity contribution < 1.29 is 14.3 Å². The van der Waals surface area contributed by atoms with Crippen molar-refractivity contribution in [3.8, 4) is 6.07 Å². The van der Waals surface area contributed by atoms with E-state index in [-0.39, 0.29) is 0 Å². The molecule has 0 spiro atoms. The second-order valence-electron chi connectivity index (χ2n) is 4.53. The number of nitriles is 1. The molecule has 0 saturated heterocycles. The van der Waals surface area contributed by atoms with Crippen molar-refractivity contribution in [2.24, 2.45) is 5.41 Å². The smallest absolute Gasteiger partial charge is 0.348 e. The molecular weight excluding hydrogens is 264 g/mol. The van der Waals surface area contributed by atoms with Crippen LogP contribution < -0.4 is 5.32 Å². The highest BCUT2D eigenvalue weighted by atomic mass is 32.1. The molecule has 0 atom stereocenters. The van der Waals surface area contributed by atoms with Crippen LogP contribution in [0.1, 0.15) is 36.0 Å². The number of amides is 1. The lowest BCUT2D eigenvalue weighted by molar-refractivity contribution is -0.121. The Kier molecular flexibility index (Phi) is 4.67. The van der Waals surface area contributed by atoms with Crippen LogP contribution in [0.15, 0.2) is 6.07 Å². The molecule has 0 fully saturated rings. The van der Waals surface area contributed by atoms with Crippen LogP contribution in [0.3, 0.4) is 0 Å². The summed E-state index contributed by atoms with van der Waals surface area (Å²) in [6.07, 6.45) is 0. The predicted molar refractivity (Wildman–Crippen MR) is 73.0 cm³/mol. The van der Waals surface area contributed by atoms with Gasteiger partial charge in [0.05, 0.1) is 17.7 Å². The highest BCUT2D eigenvalue weighted by Crippen LogP contribution is 2.28. The number of rotatable bonds is 4. The van der Waals surface area contributed by atoms with Gasteiger partial charge in [-0.1, -0.05) is 0 Å². The Balaban J connectivity index is 2.89. The monoisotopic (exact) mass is 280 g/mol. The van der Waals surface area contributed by atoms with Crippen LogP contribution in [-0.2, 0) is 9.53 Å². The Hall–Kier alpha value is -1.87. The van der Waals surface area contributed by atoms with Gasteiger partial charge in [-0.05, 0) is 39.3 Å². The Labute approximate surface area is 116 Å². The highest BCUT2D eigenvalue weighted by Gasteiger charge is 2.28. The Bertz CT molecular complexity index is 541. The lowest BCUT2D eigenvalue weighted by Gasteiger charge is -2.13. The Morgan fingerprint density at radius 1 is 1.53 bits per heavy atom. The number of anilines is 1. The molecule has 5 nitrogen and oxygen atoms in total. The number of carbonyl (C=O) groups is 2. The van der Waals surface area contributed by atoms with E-state index in [2.05, 4.69) is 5.32 Å². The third-order valence-electron chi connectivity index (χ3n) is 2.46. The molecule has 0 unspecified atom stereocenters. The zero-order chi connectivity index (χ0) is 14.6. The topological polar surface area (TPSA) is 79.2 Å². The molecule has 0 saturated carbocycles. The second-order valence-corrected chi connectivity index (χ2v) is 5.59. The highest BCUT2D eigenvalue weighted by molar-refractivity contribution is 7.18. The van der Waals surface area contributed by atoms with Crippen molar-refractivity contribution in [3.63, 3.8) is 0 Å². The fourth-order valence-electron chi connectivity index (χ4n) is 1.26. The molecule has 0 aliphatic rings. The summed E-state index contributed by atoms with van der Waals surface area (Å²) in [5, 5.41) is 12.1. The van der Waals surface area contributed by atoms with E-state index in [1.165, 1.54) is 13.8 Å². The van der Waals surface area contributed by atoms with Crippen LogP contribution in [0.25, 0.3) is 0 Å². The average molecular weight is 280 g/mol. The van der Waals surface area contributed by atoms with E-state index in [0.717, 1.165) is 16.9 Å². The average Bonchev–Trinajstić information content (AvgIpc) is 2.70. The molecule has 1 aromatic rings. The number of carbonyl (C=O) groups excluding carboxylic acids is 2. The van der Waals surface area contributed by atoms with Gasteiger partial charge in [0, 0.05) is 0 Å². The van der Waals surface area contributed by atoms with Gasteiger partial charge < -0.3 is 10.1 Å². The maximum absolute atomic E-state index is 11.8. The summed E-state index contributed by atoms with van der Waals surface area (Å²) in [7, 11) is 0. The lowest BCUT2D eigenvalue weighted by Crippen LogP contribution is -2.28. The molecule has 1 heterocycles. The molecule has 0 aliphatic heterocycles. The van der Waals surface area contributed by atoms with E-state index in [1.54, 1.807) is 19.9 Å². The van der Waals surface area contributed by atoms with Gasteiger partial charge >= 0.3 is 5.97 Å². The number of aryl methyl sites for hydroxylation is 1. The Morgan fingerprint density at radius 3 is 2.68 bits per heavy atom. The fourth-order valence-corrected chi connectivity index (χ4v) is 2.22. The van der Waals surface area contributed by atoms with Gasteiger partial charge in [-0.2, -0.15) is 5.26 Å². The predicted octanol–water partition coefficient (Wildman–Crippen LogP) is 2.72. The molecule has 1 N–H and O–H groups in total. The zero-order valence-corrected chi connectivity index (χ0v) is 12.2. The van der Waals surface area contributed by atoms with Gasteiger partial charge in [0.2, 0.25) is 5.91 Å². The first kappa shape index (κ1) is 15.2. The number of hydrogen-bond acceptors (Lipinski definition) is 5. The van der Waals surface area contributed by atoms with Crippen LogP contribution in [-0.4, -0.2) is 18.5 Å². The molecule has 6 heteroatoms. The standard InChI is InChI=1S/C13H16N2O3S/c1-5-18-11(16)10-8(2)6-9(19-10)15-12(17)13(3,4)7-14/h6H,5H2,1-4H3,(H,15,17). The van der Waals surface area contributed by atoms with Crippen LogP contribution in [0.2, 0.25) is 0 Å². The first-order valence-corrected chi connectivity index (χ1v) is 6.63. The first-order valence-electron chi connectivity index (χ1n) is 5.82. The van der Waals surface area contributed by atoms with Crippen LogP contribution in [0.5, 0.6) is 0 Å². The van der Waals surface area contributed by atoms with Gasteiger partial charge in [-0.25, -0.2) is 4.79 Å². The maximum atomic E-state index is 11.8. The van der Waals surface area contributed by atoms with E-state index >= 15 is 0 Å². The molecule has 1 amide bonds. The third-order valence-corrected chi connectivity index (χ3v) is 3.60. The molecule has 1 aromatic heterocycles. The SMILES string of the molecule is CCOC(=O)c1sc(NC(=O)C(C)(C)C#N)cc1C. The lowest BCUT2D eigenvalue weighted by atomic mass is 9.95. The number of thiophene rings is 1. The molecule has 0 radical (unpaired) electrons. The van der Waals surface area contributed by atoms with E-state index in [0.29, 0.717) is 16.5 Å². The fraction of sp³-hybridized carbons (Fsp3) is 0.462. The number of hydrogen-bond donors (Lipinski definition) is 1. The summed E-state index contributed by atoms with van der Waals surface area (Å²) in [6, 6.07) is 3.62. The number of nitrogens with zero attached hydrogens (tertiary/aromatic N) is 1.